The highest BCUT2D eigenvalue weighted by atomic mass is 16.5. The van der Waals surface area contributed by atoms with Crippen LogP contribution in [0.2, 0.25) is 0 Å². The van der Waals surface area contributed by atoms with Crippen molar-refractivity contribution in [2.24, 2.45) is 0 Å². The van der Waals surface area contributed by atoms with Gasteiger partial charge in [0.1, 0.15) is 5.69 Å². The summed E-state index contributed by atoms with van der Waals surface area (Å²) in [5.74, 6) is -0.532. The summed E-state index contributed by atoms with van der Waals surface area (Å²) in [4.78, 5) is 31.5. The lowest BCUT2D eigenvalue weighted by atomic mass is 10.0. The van der Waals surface area contributed by atoms with Gasteiger partial charge in [0.15, 0.2) is 5.43 Å². The largest absolute Gasteiger partial charge is 0.461 e. The summed E-state index contributed by atoms with van der Waals surface area (Å²) in [5, 5.41) is 0.591. The number of nitrogens with one attached hydrogen (secondary N) is 2. The molecular weight excluding hydrogens is 292 g/mol. The second kappa shape index (κ2) is 5.76. The fourth-order valence-corrected chi connectivity index (χ4v) is 2.90. The molecule has 0 aliphatic rings. The van der Waals surface area contributed by atoms with E-state index in [1.165, 1.54) is 0 Å². The van der Waals surface area contributed by atoms with Crippen molar-refractivity contribution in [1.82, 2.24) is 9.97 Å². The van der Waals surface area contributed by atoms with Gasteiger partial charge in [-0.1, -0.05) is 6.07 Å². The van der Waals surface area contributed by atoms with Crippen LogP contribution in [0.15, 0.2) is 35.3 Å². The first kappa shape index (κ1) is 15.1. The van der Waals surface area contributed by atoms with E-state index in [2.05, 4.69) is 9.97 Å². The van der Waals surface area contributed by atoms with E-state index in [0.29, 0.717) is 22.2 Å². The number of aromatic amines is 2. The molecule has 0 unspecified atom stereocenters. The van der Waals surface area contributed by atoms with Gasteiger partial charge in [0.05, 0.1) is 23.4 Å². The van der Waals surface area contributed by atoms with E-state index in [1.807, 2.05) is 26.0 Å². The van der Waals surface area contributed by atoms with E-state index in [4.69, 9.17) is 4.74 Å². The summed E-state index contributed by atoms with van der Waals surface area (Å²) in [6, 6.07) is 7.38. The van der Waals surface area contributed by atoms with Gasteiger partial charge in [0, 0.05) is 11.6 Å². The molecule has 0 aliphatic carbocycles. The van der Waals surface area contributed by atoms with Crippen molar-refractivity contribution >= 4 is 16.9 Å². The molecule has 5 heteroatoms. The number of carbonyl (C=O) groups is 1. The normalized spacial score (nSPS) is 10.9. The van der Waals surface area contributed by atoms with Crippen LogP contribution >= 0.6 is 0 Å². The Balaban J connectivity index is 2.42. The quantitative estimate of drug-likeness (QED) is 0.729. The van der Waals surface area contributed by atoms with Crippen LogP contribution < -0.4 is 5.43 Å². The number of esters is 1. The summed E-state index contributed by atoms with van der Waals surface area (Å²) in [6.07, 6.45) is 1.72. The van der Waals surface area contributed by atoms with Crippen LogP contribution in [0.5, 0.6) is 0 Å². The number of hydrogen-bond acceptors (Lipinski definition) is 3. The van der Waals surface area contributed by atoms with Gasteiger partial charge in [-0.3, -0.25) is 4.79 Å². The average Bonchev–Trinajstić information content (AvgIpc) is 3.00. The Bertz CT molecular complexity index is 937. The molecule has 0 bridgehead atoms. The smallest absolute Gasteiger partial charge is 0.355 e. The highest BCUT2D eigenvalue weighted by molar-refractivity contribution is 5.99. The lowest BCUT2D eigenvalue weighted by molar-refractivity contribution is 0.0521. The number of benzene rings is 1. The van der Waals surface area contributed by atoms with Crippen molar-refractivity contribution in [3.8, 4) is 11.3 Å². The molecule has 0 fully saturated rings. The van der Waals surface area contributed by atoms with Crippen LogP contribution in [0.1, 0.15) is 28.5 Å². The van der Waals surface area contributed by atoms with Gasteiger partial charge in [0.25, 0.3) is 0 Å². The van der Waals surface area contributed by atoms with Crippen molar-refractivity contribution < 1.29 is 9.53 Å². The van der Waals surface area contributed by atoms with Crippen molar-refractivity contribution in [3.63, 3.8) is 0 Å². The minimum absolute atomic E-state index is 0.178. The Kier molecular flexibility index (Phi) is 3.78. The highest BCUT2D eigenvalue weighted by Crippen LogP contribution is 2.24. The van der Waals surface area contributed by atoms with Crippen LogP contribution in [-0.2, 0) is 4.74 Å². The van der Waals surface area contributed by atoms with Crippen molar-refractivity contribution in [2.75, 3.05) is 6.61 Å². The molecule has 0 atom stereocenters. The molecule has 3 rings (SSSR count). The van der Waals surface area contributed by atoms with Gasteiger partial charge in [-0.05, 0) is 50.1 Å². The highest BCUT2D eigenvalue weighted by Gasteiger charge is 2.21. The Morgan fingerprint density at radius 3 is 2.70 bits per heavy atom. The Morgan fingerprint density at radius 1 is 1.26 bits per heavy atom. The summed E-state index contributed by atoms with van der Waals surface area (Å²) < 4.78 is 5.11. The minimum atomic E-state index is -0.532. The van der Waals surface area contributed by atoms with Crippen LogP contribution in [0, 0.1) is 13.8 Å². The van der Waals surface area contributed by atoms with Gasteiger partial charge in [-0.15, -0.1) is 0 Å². The maximum atomic E-state index is 13.0. The van der Waals surface area contributed by atoms with E-state index in [-0.39, 0.29) is 17.7 Å². The Hall–Kier alpha value is -2.82. The molecule has 0 saturated heterocycles. The number of pyridine rings is 1. The second-order valence-electron chi connectivity index (χ2n) is 5.51. The van der Waals surface area contributed by atoms with Crippen molar-refractivity contribution in [2.45, 2.75) is 20.8 Å². The van der Waals surface area contributed by atoms with Crippen LogP contribution in [0.25, 0.3) is 22.2 Å². The predicted molar refractivity (Wildman–Crippen MR) is 89.8 cm³/mol. The molecular formula is C18H18N2O3. The van der Waals surface area contributed by atoms with E-state index in [9.17, 15) is 9.59 Å². The first-order valence-corrected chi connectivity index (χ1v) is 7.51. The Morgan fingerprint density at radius 2 is 2.04 bits per heavy atom. The molecule has 0 spiro atoms. The molecule has 0 radical (unpaired) electrons. The third-order valence-electron chi connectivity index (χ3n) is 3.79. The zero-order valence-electron chi connectivity index (χ0n) is 13.3. The first-order chi connectivity index (χ1) is 11.0. The van der Waals surface area contributed by atoms with E-state index in [0.717, 1.165) is 11.1 Å². The minimum Gasteiger partial charge on any atom is -0.461 e. The monoisotopic (exact) mass is 310 g/mol. The molecule has 2 N–H and O–H groups in total. The molecule has 1 aromatic carbocycles. The molecule has 2 aromatic heterocycles. The SMILES string of the molecule is CCOC(=O)c1[nH]c2cc(C)cc(C)c2c(=O)c1-c1ccc[nH]1. The zero-order valence-corrected chi connectivity index (χ0v) is 13.3. The van der Waals surface area contributed by atoms with Gasteiger partial charge in [0.2, 0.25) is 0 Å². The summed E-state index contributed by atoms with van der Waals surface area (Å²) in [6.45, 7) is 5.83. The third kappa shape index (κ3) is 2.54. The van der Waals surface area contributed by atoms with Crippen LogP contribution in [0.3, 0.4) is 0 Å². The fraction of sp³-hybridized carbons (Fsp3) is 0.222. The van der Waals surface area contributed by atoms with Gasteiger partial charge in [-0.2, -0.15) is 0 Å². The lowest BCUT2D eigenvalue weighted by Gasteiger charge is -2.12. The number of aryl methyl sites for hydroxylation is 2. The number of H-pyrrole nitrogens is 2. The number of hydrogen-bond donors (Lipinski definition) is 2. The molecule has 0 aliphatic heterocycles. The van der Waals surface area contributed by atoms with E-state index >= 15 is 0 Å². The van der Waals surface area contributed by atoms with E-state index < -0.39 is 5.97 Å². The summed E-state index contributed by atoms with van der Waals surface area (Å²) >= 11 is 0. The molecule has 0 saturated carbocycles. The number of rotatable bonds is 3. The van der Waals surface area contributed by atoms with Crippen LogP contribution in [0.4, 0.5) is 0 Å². The van der Waals surface area contributed by atoms with Crippen molar-refractivity contribution in [1.29, 1.82) is 0 Å². The van der Waals surface area contributed by atoms with E-state index in [1.54, 1.807) is 25.3 Å². The molecule has 5 nitrogen and oxygen atoms in total. The van der Waals surface area contributed by atoms with Gasteiger partial charge in [-0.25, -0.2) is 4.79 Å². The van der Waals surface area contributed by atoms with Gasteiger partial charge < -0.3 is 14.7 Å². The lowest BCUT2D eigenvalue weighted by Crippen LogP contribution is -2.18. The predicted octanol–water partition coefficient (Wildman–Crippen LogP) is 3.32. The molecule has 118 valence electrons. The maximum absolute atomic E-state index is 13.0. The average molecular weight is 310 g/mol. The fourth-order valence-electron chi connectivity index (χ4n) is 2.90. The maximum Gasteiger partial charge on any atom is 0.355 e. The zero-order chi connectivity index (χ0) is 16.6. The number of carbonyl (C=O) groups excluding carboxylic acids is 1. The first-order valence-electron chi connectivity index (χ1n) is 7.51. The summed E-state index contributed by atoms with van der Waals surface area (Å²) in [7, 11) is 0. The molecule has 0 amide bonds. The van der Waals surface area contributed by atoms with Crippen LogP contribution in [-0.4, -0.2) is 22.5 Å². The Labute approximate surface area is 133 Å². The topological polar surface area (TPSA) is 75.0 Å². The van der Waals surface area contributed by atoms with Gasteiger partial charge >= 0.3 is 5.97 Å². The number of fused-ring (bicyclic) bond motifs is 1. The molecule has 2 heterocycles. The standard InChI is InChI=1S/C18H18N2O3/c1-4-23-18(22)16-15(12-6-5-7-19-12)17(21)14-11(3)8-10(2)9-13(14)20-16/h5-9,19H,4H2,1-3H3,(H,20,21). The molecule has 23 heavy (non-hydrogen) atoms. The number of aromatic nitrogens is 2. The third-order valence-corrected chi connectivity index (χ3v) is 3.79. The summed E-state index contributed by atoms with van der Waals surface area (Å²) in [5.41, 5.74) is 3.45. The second-order valence-corrected chi connectivity index (χ2v) is 5.51. The molecule has 3 aromatic rings. The van der Waals surface area contributed by atoms with Crippen molar-refractivity contribution in [3.05, 3.63) is 57.5 Å². The number of ether oxygens (including phenoxy) is 1.